The summed E-state index contributed by atoms with van der Waals surface area (Å²) in [6.07, 6.45) is 1.73. The van der Waals surface area contributed by atoms with Crippen LogP contribution in [0, 0.1) is 0 Å². The smallest absolute Gasteiger partial charge is 0.241 e. The summed E-state index contributed by atoms with van der Waals surface area (Å²) in [6, 6.07) is 6.16. The fraction of sp³-hybridized carbons (Fsp3) is 0.462. The van der Waals surface area contributed by atoms with Crippen molar-refractivity contribution < 1.29 is 4.52 Å². The fourth-order valence-corrected chi connectivity index (χ4v) is 2.27. The van der Waals surface area contributed by atoms with Gasteiger partial charge in [0.25, 0.3) is 0 Å². The van der Waals surface area contributed by atoms with Crippen molar-refractivity contribution in [2.75, 3.05) is 19.6 Å². The molecule has 0 spiro atoms. The molecule has 6 nitrogen and oxygen atoms in total. The second-order valence-corrected chi connectivity index (χ2v) is 4.82. The Morgan fingerprint density at radius 2 is 2.42 bits per heavy atom. The van der Waals surface area contributed by atoms with E-state index in [9.17, 15) is 0 Å². The van der Waals surface area contributed by atoms with Crippen LogP contribution >= 0.6 is 0 Å². The molecule has 0 aromatic carbocycles. The second kappa shape index (κ2) is 5.46. The second-order valence-electron chi connectivity index (χ2n) is 4.82. The maximum atomic E-state index is 5.29. The molecular weight excluding hydrogens is 242 g/mol. The van der Waals surface area contributed by atoms with Crippen molar-refractivity contribution >= 4 is 0 Å². The van der Waals surface area contributed by atoms with Crippen molar-refractivity contribution in [3.05, 3.63) is 30.3 Å². The summed E-state index contributed by atoms with van der Waals surface area (Å²) in [6.45, 7) is 5.89. The van der Waals surface area contributed by atoms with E-state index in [1.54, 1.807) is 6.20 Å². The minimum atomic E-state index is 0.506. The van der Waals surface area contributed by atoms with Crippen molar-refractivity contribution in [2.24, 2.45) is 0 Å². The van der Waals surface area contributed by atoms with Gasteiger partial charge in [0.2, 0.25) is 11.7 Å². The molecule has 1 saturated heterocycles. The van der Waals surface area contributed by atoms with Crippen LogP contribution in [0.3, 0.4) is 0 Å². The third-order valence-corrected chi connectivity index (χ3v) is 3.17. The van der Waals surface area contributed by atoms with E-state index in [0.717, 1.165) is 25.3 Å². The third kappa shape index (κ3) is 2.97. The van der Waals surface area contributed by atoms with Crippen LogP contribution in [0.15, 0.2) is 28.9 Å². The summed E-state index contributed by atoms with van der Waals surface area (Å²) < 4.78 is 5.29. The molecule has 0 unspecified atom stereocenters. The van der Waals surface area contributed by atoms with Crippen LogP contribution in [0.1, 0.15) is 12.8 Å². The highest BCUT2D eigenvalue weighted by molar-refractivity contribution is 5.46. The first-order valence-electron chi connectivity index (χ1n) is 6.51. The summed E-state index contributed by atoms with van der Waals surface area (Å²) in [7, 11) is 0. The standard InChI is InChI=1S/C13H17N5O/c1-10-8-18(7-6-14-10)9-12-16-13(17-19-12)11-4-2-3-5-15-11/h2-5,10,14H,6-9H2,1H3/t10-/m1/s1. The summed E-state index contributed by atoms with van der Waals surface area (Å²) in [5.74, 6) is 1.20. The molecule has 0 radical (unpaired) electrons. The summed E-state index contributed by atoms with van der Waals surface area (Å²) in [4.78, 5) is 10.9. The molecule has 3 heterocycles. The van der Waals surface area contributed by atoms with Gasteiger partial charge in [-0.05, 0) is 19.1 Å². The van der Waals surface area contributed by atoms with Gasteiger partial charge in [-0.15, -0.1) is 0 Å². The van der Waals surface area contributed by atoms with Crippen LogP contribution < -0.4 is 5.32 Å². The molecule has 0 bridgehead atoms. The van der Waals surface area contributed by atoms with Gasteiger partial charge in [0.05, 0.1) is 6.54 Å². The van der Waals surface area contributed by atoms with Gasteiger partial charge in [0.1, 0.15) is 5.69 Å². The van der Waals surface area contributed by atoms with Crippen molar-refractivity contribution in [1.29, 1.82) is 0 Å². The van der Waals surface area contributed by atoms with Gasteiger partial charge in [0.15, 0.2) is 0 Å². The lowest BCUT2D eigenvalue weighted by molar-refractivity contribution is 0.177. The zero-order chi connectivity index (χ0) is 13.1. The summed E-state index contributed by atoms with van der Waals surface area (Å²) in [5.41, 5.74) is 0.742. The quantitative estimate of drug-likeness (QED) is 0.884. The first-order valence-corrected chi connectivity index (χ1v) is 6.51. The van der Waals surface area contributed by atoms with Gasteiger partial charge in [-0.1, -0.05) is 11.2 Å². The lowest BCUT2D eigenvalue weighted by Crippen LogP contribution is -2.48. The van der Waals surface area contributed by atoms with Crippen LogP contribution in [0.4, 0.5) is 0 Å². The van der Waals surface area contributed by atoms with E-state index in [-0.39, 0.29) is 0 Å². The van der Waals surface area contributed by atoms with Gasteiger partial charge >= 0.3 is 0 Å². The van der Waals surface area contributed by atoms with Crippen molar-refractivity contribution in [1.82, 2.24) is 25.3 Å². The van der Waals surface area contributed by atoms with E-state index >= 15 is 0 Å². The number of nitrogens with zero attached hydrogens (tertiary/aromatic N) is 4. The highest BCUT2D eigenvalue weighted by Gasteiger charge is 2.18. The number of hydrogen-bond donors (Lipinski definition) is 1. The van der Waals surface area contributed by atoms with Crippen LogP contribution in [-0.4, -0.2) is 45.7 Å². The SMILES string of the molecule is C[C@@H]1CN(Cc2nc(-c3ccccn3)no2)CCN1. The van der Waals surface area contributed by atoms with Gasteiger partial charge in [-0.3, -0.25) is 9.88 Å². The van der Waals surface area contributed by atoms with E-state index in [1.165, 1.54) is 0 Å². The number of rotatable bonds is 3. The predicted molar refractivity (Wildman–Crippen MR) is 70.3 cm³/mol. The Kier molecular flexibility index (Phi) is 3.52. The number of nitrogens with one attached hydrogen (secondary N) is 1. The zero-order valence-corrected chi connectivity index (χ0v) is 10.9. The molecule has 19 heavy (non-hydrogen) atoms. The molecule has 0 aliphatic carbocycles. The highest BCUT2D eigenvalue weighted by atomic mass is 16.5. The Hall–Kier alpha value is -1.79. The van der Waals surface area contributed by atoms with Gasteiger partial charge in [0, 0.05) is 31.9 Å². The molecule has 2 aromatic rings. The third-order valence-electron chi connectivity index (χ3n) is 3.17. The minimum absolute atomic E-state index is 0.506. The molecule has 1 atom stereocenters. The number of piperazine rings is 1. The first kappa shape index (κ1) is 12.3. The molecule has 6 heteroatoms. The molecule has 0 amide bonds. The Morgan fingerprint density at radius 1 is 1.47 bits per heavy atom. The monoisotopic (exact) mass is 259 g/mol. The zero-order valence-electron chi connectivity index (χ0n) is 10.9. The average Bonchev–Trinajstić information content (AvgIpc) is 2.88. The molecule has 0 saturated carbocycles. The van der Waals surface area contributed by atoms with E-state index in [2.05, 4.69) is 32.3 Å². The molecule has 1 N–H and O–H groups in total. The van der Waals surface area contributed by atoms with Crippen LogP contribution in [0.25, 0.3) is 11.5 Å². The number of pyridine rings is 1. The van der Waals surface area contributed by atoms with E-state index in [0.29, 0.717) is 24.3 Å². The van der Waals surface area contributed by atoms with Gasteiger partial charge in [-0.25, -0.2) is 0 Å². The normalized spacial score (nSPS) is 20.6. The van der Waals surface area contributed by atoms with Crippen LogP contribution in [0.2, 0.25) is 0 Å². The molecule has 3 rings (SSSR count). The summed E-state index contributed by atoms with van der Waals surface area (Å²) >= 11 is 0. The predicted octanol–water partition coefficient (Wildman–Crippen LogP) is 0.925. The van der Waals surface area contributed by atoms with E-state index in [4.69, 9.17) is 4.52 Å². The first-order chi connectivity index (χ1) is 9.31. The van der Waals surface area contributed by atoms with Gasteiger partial charge in [-0.2, -0.15) is 4.98 Å². The molecule has 100 valence electrons. The van der Waals surface area contributed by atoms with Crippen molar-refractivity contribution in [3.63, 3.8) is 0 Å². The minimum Gasteiger partial charge on any atom is -0.337 e. The molecule has 2 aromatic heterocycles. The summed E-state index contributed by atoms with van der Waals surface area (Å²) in [5, 5.41) is 7.39. The van der Waals surface area contributed by atoms with E-state index < -0.39 is 0 Å². The van der Waals surface area contributed by atoms with Crippen LogP contribution in [0.5, 0.6) is 0 Å². The lowest BCUT2D eigenvalue weighted by atomic mass is 10.2. The largest absolute Gasteiger partial charge is 0.337 e. The fourth-order valence-electron chi connectivity index (χ4n) is 2.27. The van der Waals surface area contributed by atoms with E-state index in [1.807, 2.05) is 18.2 Å². The molecular formula is C13H17N5O. The number of hydrogen-bond acceptors (Lipinski definition) is 6. The maximum Gasteiger partial charge on any atom is 0.241 e. The molecule has 1 aliphatic rings. The Morgan fingerprint density at radius 3 is 3.21 bits per heavy atom. The Balaban J connectivity index is 1.68. The average molecular weight is 259 g/mol. The van der Waals surface area contributed by atoms with Crippen molar-refractivity contribution in [2.45, 2.75) is 19.5 Å². The molecule has 1 fully saturated rings. The van der Waals surface area contributed by atoms with Crippen molar-refractivity contribution in [3.8, 4) is 11.5 Å². The molecule has 1 aliphatic heterocycles. The lowest BCUT2D eigenvalue weighted by Gasteiger charge is -2.30. The highest BCUT2D eigenvalue weighted by Crippen LogP contribution is 2.13. The Bertz CT molecular complexity index is 527. The Labute approximate surface area is 111 Å². The van der Waals surface area contributed by atoms with Crippen LogP contribution in [-0.2, 0) is 6.54 Å². The number of aromatic nitrogens is 3. The maximum absolute atomic E-state index is 5.29. The van der Waals surface area contributed by atoms with Gasteiger partial charge < -0.3 is 9.84 Å². The topological polar surface area (TPSA) is 67.1 Å².